The first-order chi connectivity index (χ1) is 15.2. The van der Waals surface area contributed by atoms with Crippen molar-refractivity contribution >= 4 is 17.9 Å². The average molecular weight is 439 g/mol. The molecule has 3 aliphatic carbocycles. The largest absolute Gasteiger partial charge is 0.458 e. The molecule has 4 aliphatic rings. The normalized spacial score (nSPS) is 37.2. The van der Waals surface area contributed by atoms with Crippen LogP contribution in [0.15, 0.2) is 30.4 Å². The van der Waals surface area contributed by atoms with Crippen LogP contribution in [0.5, 0.6) is 5.75 Å². The summed E-state index contributed by atoms with van der Waals surface area (Å²) in [7, 11) is 0. The average Bonchev–Trinajstić information content (AvgIpc) is 2.94. The first-order valence-electron chi connectivity index (χ1n) is 11.6. The summed E-state index contributed by atoms with van der Waals surface area (Å²) in [5, 5.41) is 0. The summed E-state index contributed by atoms with van der Waals surface area (Å²) in [5.41, 5.74) is 1.42. The molecule has 32 heavy (non-hydrogen) atoms. The van der Waals surface area contributed by atoms with E-state index in [0.29, 0.717) is 24.0 Å². The molecule has 1 aromatic rings. The Hall–Kier alpha value is -2.63. The van der Waals surface area contributed by atoms with Crippen LogP contribution in [0.1, 0.15) is 69.9 Å². The molecule has 0 radical (unpaired) electrons. The first kappa shape index (κ1) is 21.2. The van der Waals surface area contributed by atoms with Crippen molar-refractivity contribution in [1.29, 1.82) is 0 Å². The number of ether oxygens (including phenoxy) is 3. The Kier molecular flexibility index (Phi) is 4.95. The standard InChI is InChI=1S/C26H30O6/c1-15(27)30-18-7-9-19-17(13-18)6-8-21-20(19)10-12-25(3)22(21)14-23(31-16(2)28)26(25)11-4-5-24(29)32-26/h4,7,9,11,13,20-23H,5-6,8,10,12,14H2,1-3H3/t20-,21-,22+,23+,25+,26+/m1/s1. The lowest BCUT2D eigenvalue weighted by molar-refractivity contribution is -0.192. The minimum absolute atomic E-state index is 0.249. The van der Waals surface area contributed by atoms with Gasteiger partial charge in [0.2, 0.25) is 0 Å². The SMILES string of the molecule is CC(=O)Oc1ccc2c(c1)CC[C@@H]1[C@@H]2CC[C@@]2(C)[C@H]1C[C@H](OC(C)=O)[C@@]21C=CCC(=O)O1. The minimum Gasteiger partial charge on any atom is -0.458 e. The van der Waals surface area contributed by atoms with Crippen LogP contribution in [0.4, 0.5) is 0 Å². The van der Waals surface area contributed by atoms with Gasteiger partial charge in [-0.2, -0.15) is 0 Å². The fraction of sp³-hybridized carbons (Fsp3) is 0.577. The first-order valence-corrected chi connectivity index (χ1v) is 11.6. The molecule has 5 rings (SSSR count). The van der Waals surface area contributed by atoms with Gasteiger partial charge in [0.05, 0.1) is 6.42 Å². The summed E-state index contributed by atoms with van der Waals surface area (Å²) in [6.45, 7) is 5.06. The fourth-order valence-corrected chi connectivity index (χ4v) is 7.21. The third-order valence-corrected chi connectivity index (χ3v) is 8.43. The zero-order valence-corrected chi connectivity index (χ0v) is 18.9. The Morgan fingerprint density at radius 1 is 1.16 bits per heavy atom. The van der Waals surface area contributed by atoms with Crippen LogP contribution in [0.3, 0.4) is 0 Å². The Bertz CT molecular complexity index is 1010. The van der Waals surface area contributed by atoms with E-state index < -0.39 is 11.7 Å². The van der Waals surface area contributed by atoms with E-state index in [9.17, 15) is 14.4 Å². The minimum atomic E-state index is -0.886. The zero-order valence-electron chi connectivity index (χ0n) is 18.9. The summed E-state index contributed by atoms with van der Waals surface area (Å²) in [6, 6.07) is 6.01. The summed E-state index contributed by atoms with van der Waals surface area (Å²) in [4.78, 5) is 35.7. The van der Waals surface area contributed by atoms with Crippen LogP contribution >= 0.6 is 0 Å². The molecular formula is C26H30O6. The van der Waals surface area contributed by atoms with E-state index in [4.69, 9.17) is 14.2 Å². The second kappa shape index (κ2) is 7.46. The molecule has 6 heteroatoms. The predicted molar refractivity (Wildman–Crippen MR) is 116 cm³/mol. The van der Waals surface area contributed by atoms with Gasteiger partial charge in [-0.15, -0.1) is 0 Å². The molecule has 0 aromatic heterocycles. The number of esters is 3. The number of carbonyl (C=O) groups excluding carboxylic acids is 3. The van der Waals surface area contributed by atoms with Gasteiger partial charge < -0.3 is 14.2 Å². The van der Waals surface area contributed by atoms with Gasteiger partial charge in [-0.3, -0.25) is 14.4 Å². The summed E-state index contributed by atoms with van der Waals surface area (Å²) >= 11 is 0. The van der Waals surface area contributed by atoms with Crippen molar-refractivity contribution in [3.8, 4) is 5.75 Å². The Balaban J connectivity index is 1.50. The van der Waals surface area contributed by atoms with Crippen molar-refractivity contribution in [2.24, 2.45) is 17.3 Å². The van der Waals surface area contributed by atoms with E-state index in [1.54, 1.807) is 0 Å². The van der Waals surface area contributed by atoms with Crippen LogP contribution in [0, 0.1) is 17.3 Å². The van der Waals surface area contributed by atoms with Gasteiger partial charge in [0.25, 0.3) is 0 Å². The predicted octanol–water partition coefficient (Wildman–Crippen LogP) is 4.25. The molecule has 1 heterocycles. The van der Waals surface area contributed by atoms with Crippen LogP contribution in [-0.2, 0) is 30.3 Å². The van der Waals surface area contributed by atoms with Gasteiger partial charge >= 0.3 is 17.9 Å². The molecule has 0 unspecified atom stereocenters. The van der Waals surface area contributed by atoms with E-state index in [2.05, 4.69) is 13.0 Å². The molecule has 1 aromatic carbocycles. The van der Waals surface area contributed by atoms with Crippen molar-refractivity contribution in [1.82, 2.24) is 0 Å². The third kappa shape index (κ3) is 3.10. The Labute approximate surface area is 188 Å². The molecule has 1 spiro atoms. The lowest BCUT2D eigenvalue weighted by Gasteiger charge is -2.54. The second-order valence-corrected chi connectivity index (χ2v) is 10.0. The van der Waals surface area contributed by atoms with Crippen LogP contribution in [0.25, 0.3) is 0 Å². The van der Waals surface area contributed by atoms with Gasteiger partial charge in [0, 0.05) is 19.3 Å². The van der Waals surface area contributed by atoms with Crippen molar-refractivity contribution in [2.45, 2.75) is 76.9 Å². The summed E-state index contributed by atoms with van der Waals surface area (Å²) in [6.07, 6.45) is 8.20. The molecule has 2 fully saturated rings. The van der Waals surface area contributed by atoms with Crippen molar-refractivity contribution in [2.75, 3.05) is 0 Å². The molecule has 2 saturated carbocycles. The number of fused-ring (bicyclic) bond motifs is 6. The van der Waals surface area contributed by atoms with Crippen molar-refractivity contribution in [3.63, 3.8) is 0 Å². The highest BCUT2D eigenvalue weighted by atomic mass is 16.6. The lowest BCUT2D eigenvalue weighted by atomic mass is 9.53. The van der Waals surface area contributed by atoms with Crippen LogP contribution in [-0.4, -0.2) is 29.6 Å². The summed E-state index contributed by atoms with van der Waals surface area (Å²) < 4.78 is 17.2. The molecule has 0 amide bonds. The maximum Gasteiger partial charge on any atom is 0.310 e. The van der Waals surface area contributed by atoms with Gasteiger partial charge in [0.15, 0.2) is 5.60 Å². The molecule has 170 valence electrons. The van der Waals surface area contributed by atoms with Gasteiger partial charge in [0.1, 0.15) is 11.9 Å². The van der Waals surface area contributed by atoms with E-state index in [0.717, 1.165) is 25.7 Å². The smallest absolute Gasteiger partial charge is 0.310 e. The van der Waals surface area contributed by atoms with E-state index in [1.807, 2.05) is 24.3 Å². The van der Waals surface area contributed by atoms with Crippen molar-refractivity contribution in [3.05, 3.63) is 41.5 Å². The van der Waals surface area contributed by atoms with Crippen LogP contribution < -0.4 is 4.74 Å². The Morgan fingerprint density at radius 2 is 1.97 bits per heavy atom. The highest BCUT2D eigenvalue weighted by molar-refractivity contribution is 5.74. The summed E-state index contributed by atoms with van der Waals surface area (Å²) in [5.74, 6) is 0.810. The topological polar surface area (TPSA) is 78.9 Å². The highest BCUT2D eigenvalue weighted by Gasteiger charge is 2.69. The molecule has 1 aliphatic heterocycles. The molecule has 6 atom stereocenters. The fourth-order valence-electron chi connectivity index (χ4n) is 7.21. The number of benzene rings is 1. The van der Waals surface area contributed by atoms with Crippen molar-refractivity contribution < 1.29 is 28.6 Å². The molecule has 0 N–H and O–H groups in total. The van der Waals surface area contributed by atoms with E-state index in [1.165, 1.54) is 25.0 Å². The molecular weight excluding hydrogens is 408 g/mol. The Morgan fingerprint density at radius 3 is 2.69 bits per heavy atom. The molecule has 0 saturated heterocycles. The van der Waals surface area contributed by atoms with Crippen LogP contribution in [0.2, 0.25) is 0 Å². The maximum atomic E-state index is 12.4. The van der Waals surface area contributed by atoms with Gasteiger partial charge in [-0.1, -0.05) is 19.1 Å². The highest BCUT2D eigenvalue weighted by Crippen LogP contribution is 2.66. The van der Waals surface area contributed by atoms with E-state index >= 15 is 0 Å². The van der Waals surface area contributed by atoms with E-state index in [-0.39, 0.29) is 35.7 Å². The third-order valence-electron chi connectivity index (χ3n) is 8.43. The zero-order chi connectivity index (χ0) is 22.7. The van der Waals surface area contributed by atoms with Gasteiger partial charge in [-0.25, -0.2) is 0 Å². The van der Waals surface area contributed by atoms with Gasteiger partial charge in [-0.05, 0) is 79.2 Å². The molecule has 6 nitrogen and oxygen atoms in total. The number of carbonyl (C=O) groups is 3. The quantitative estimate of drug-likeness (QED) is 0.390. The monoisotopic (exact) mass is 438 g/mol. The second-order valence-electron chi connectivity index (χ2n) is 10.0. The number of hydrogen-bond acceptors (Lipinski definition) is 6. The number of hydrogen-bond donors (Lipinski definition) is 0. The lowest BCUT2D eigenvalue weighted by Crippen LogP contribution is -2.57. The molecule has 0 bridgehead atoms. The number of rotatable bonds is 2. The number of aryl methyl sites for hydroxylation is 1. The maximum absolute atomic E-state index is 12.4.